The third kappa shape index (κ3) is 7.32. The summed E-state index contributed by atoms with van der Waals surface area (Å²) in [6.07, 6.45) is 19.7. The van der Waals surface area contributed by atoms with Crippen LogP contribution in [0.25, 0.3) is 0 Å². The van der Waals surface area contributed by atoms with Crippen LogP contribution < -0.4 is 4.57 Å². The third-order valence-corrected chi connectivity index (χ3v) is 7.26. The third-order valence-electron chi connectivity index (χ3n) is 7.26. The van der Waals surface area contributed by atoms with Gasteiger partial charge in [0.05, 0.1) is 6.54 Å². The molecule has 0 bridgehead atoms. The Balaban J connectivity index is 1.91. The van der Waals surface area contributed by atoms with Gasteiger partial charge >= 0.3 is 0 Å². The summed E-state index contributed by atoms with van der Waals surface area (Å²) in [5.41, 5.74) is 2.88. The van der Waals surface area contributed by atoms with Crippen LogP contribution in [0.3, 0.4) is 0 Å². The van der Waals surface area contributed by atoms with Crippen molar-refractivity contribution in [3.8, 4) is 0 Å². The van der Waals surface area contributed by atoms with Gasteiger partial charge in [-0.05, 0) is 36.8 Å². The number of hydrogen-bond acceptors (Lipinski definition) is 0. The number of unbranched alkanes of at least 4 members (excludes halogenated alkanes) is 6. The molecule has 2 unspecified atom stereocenters. The van der Waals surface area contributed by atoms with Gasteiger partial charge in [0.25, 0.3) is 0 Å². The van der Waals surface area contributed by atoms with Crippen LogP contribution in [-0.4, -0.2) is 4.57 Å². The molecule has 0 saturated heterocycles. The number of aromatic nitrogens is 2. The second-order valence-corrected chi connectivity index (χ2v) is 9.97. The zero-order valence-corrected chi connectivity index (χ0v) is 21.3. The van der Waals surface area contributed by atoms with Crippen molar-refractivity contribution in [1.82, 2.24) is 4.57 Å². The average Bonchev–Trinajstić information content (AvgIpc) is 3.31. The molecule has 3 rings (SSSR count). The summed E-state index contributed by atoms with van der Waals surface area (Å²) in [7, 11) is 0. The zero-order chi connectivity index (χ0) is 23.4. The second kappa shape index (κ2) is 13.4. The number of benzene rings is 2. The van der Waals surface area contributed by atoms with Crippen molar-refractivity contribution in [2.45, 2.75) is 103 Å². The number of imidazole rings is 1. The van der Waals surface area contributed by atoms with Crippen molar-refractivity contribution in [2.75, 3.05) is 0 Å². The largest absolute Gasteiger partial charge is 0.244 e. The molecule has 3 aromatic rings. The van der Waals surface area contributed by atoms with E-state index < -0.39 is 0 Å². The SMILES string of the molecule is CCCCCCCCC(n1cc[n+](CCCC)c1)C(C)(Cc1ccccc1)c1ccccc1. The Kier molecular flexibility index (Phi) is 10.2. The molecule has 0 aliphatic rings. The predicted octanol–water partition coefficient (Wildman–Crippen LogP) is 8.07. The maximum Gasteiger partial charge on any atom is 0.244 e. The summed E-state index contributed by atoms with van der Waals surface area (Å²) < 4.78 is 4.91. The molecule has 1 heterocycles. The van der Waals surface area contributed by atoms with Gasteiger partial charge in [-0.3, -0.25) is 0 Å². The van der Waals surface area contributed by atoms with Gasteiger partial charge in [-0.15, -0.1) is 0 Å². The molecule has 0 amide bonds. The Morgan fingerprint density at radius 3 is 2.12 bits per heavy atom. The minimum Gasteiger partial charge on any atom is -0.237 e. The Labute approximate surface area is 202 Å². The van der Waals surface area contributed by atoms with Crippen molar-refractivity contribution in [1.29, 1.82) is 0 Å². The molecule has 178 valence electrons. The summed E-state index contributed by atoms with van der Waals surface area (Å²) >= 11 is 0. The van der Waals surface area contributed by atoms with E-state index in [0.29, 0.717) is 6.04 Å². The molecular weight excluding hydrogens is 400 g/mol. The fourth-order valence-corrected chi connectivity index (χ4v) is 5.23. The van der Waals surface area contributed by atoms with E-state index >= 15 is 0 Å². The highest BCUT2D eigenvalue weighted by molar-refractivity contribution is 5.30. The maximum absolute atomic E-state index is 2.53. The van der Waals surface area contributed by atoms with Gasteiger partial charge in [-0.2, -0.15) is 0 Å². The summed E-state index contributed by atoms with van der Waals surface area (Å²) in [5.74, 6) is 0. The van der Waals surface area contributed by atoms with E-state index in [4.69, 9.17) is 0 Å². The highest BCUT2D eigenvalue weighted by atomic mass is 15.1. The van der Waals surface area contributed by atoms with Gasteiger partial charge in [0.2, 0.25) is 6.33 Å². The Bertz CT molecular complexity index is 899. The normalized spacial score (nSPS) is 14.2. The van der Waals surface area contributed by atoms with E-state index in [-0.39, 0.29) is 5.41 Å². The first-order chi connectivity index (χ1) is 16.2. The van der Waals surface area contributed by atoms with Crippen molar-refractivity contribution in [3.63, 3.8) is 0 Å². The minimum absolute atomic E-state index is 0.0215. The number of hydrogen-bond donors (Lipinski definition) is 0. The Morgan fingerprint density at radius 2 is 1.42 bits per heavy atom. The standard InChI is InChI=1S/C31H45N2/c1-4-6-8-9-10-17-22-30(33-25-24-32(27-33)23-7-5-2)31(3,29-20-15-12-16-21-29)26-28-18-13-11-14-19-28/h11-16,18-21,24-25,27,30H,4-10,17,22-23,26H2,1-3H3/q+1. The Hall–Kier alpha value is -2.35. The van der Waals surface area contributed by atoms with Gasteiger partial charge in [0.1, 0.15) is 18.4 Å². The quantitative estimate of drug-likeness (QED) is 0.165. The van der Waals surface area contributed by atoms with Crippen LogP contribution in [0, 0.1) is 0 Å². The summed E-state index contributed by atoms with van der Waals surface area (Å²) in [4.78, 5) is 0. The van der Waals surface area contributed by atoms with E-state index in [1.165, 1.54) is 68.9 Å². The smallest absolute Gasteiger partial charge is 0.237 e. The lowest BCUT2D eigenvalue weighted by atomic mass is 9.70. The van der Waals surface area contributed by atoms with Gasteiger partial charge in [-0.1, -0.05) is 120 Å². The molecular formula is C31H45N2+. The number of aryl methyl sites for hydroxylation is 1. The fourth-order valence-electron chi connectivity index (χ4n) is 5.23. The lowest BCUT2D eigenvalue weighted by Crippen LogP contribution is -2.38. The number of rotatable bonds is 15. The van der Waals surface area contributed by atoms with Gasteiger partial charge in [-0.25, -0.2) is 9.13 Å². The van der Waals surface area contributed by atoms with E-state index in [1.807, 2.05) is 0 Å². The van der Waals surface area contributed by atoms with Crippen LogP contribution in [0.15, 0.2) is 79.4 Å². The number of nitrogens with zero attached hydrogens (tertiary/aromatic N) is 2. The molecule has 0 saturated carbocycles. The molecule has 2 atom stereocenters. The summed E-state index contributed by atoms with van der Waals surface area (Å²) in [5, 5.41) is 0. The first-order valence-corrected chi connectivity index (χ1v) is 13.3. The van der Waals surface area contributed by atoms with Crippen molar-refractivity contribution in [3.05, 3.63) is 90.5 Å². The van der Waals surface area contributed by atoms with E-state index in [9.17, 15) is 0 Å². The molecule has 1 aromatic heterocycles. The minimum atomic E-state index is 0.0215. The molecule has 0 N–H and O–H groups in total. The summed E-state index contributed by atoms with van der Waals surface area (Å²) in [6.45, 7) is 8.16. The molecule has 0 radical (unpaired) electrons. The molecule has 0 spiro atoms. The molecule has 0 aliphatic carbocycles. The lowest BCUT2D eigenvalue weighted by molar-refractivity contribution is -0.697. The predicted molar refractivity (Wildman–Crippen MR) is 141 cm³/mol. The van der Waals surface area contributed by atoms with Crippen LogP contribution in [0.1, 0.15) is 95.7 Å². The molecule has 0 fully saturated rings. The molecule has 33 heavy (non-hydrogen) atoms. The van der Waals surface area contributed by atoms with Crippen molar-refractivity contribution in [2.24, 2.45) is 0 Å². The topological polar surface area (TPSA) is 8.81 Å². The van der Waals surface area contributed by atoms with Gasteiger partial charge < -0.3 is 0 Å². The fraction of sp³-hybridized carbons (Fsp3) is 0.516. The van der Waals surface area contributed by atoms with E-state index in [1.54, 1.807) is 0 Å². The maximum atomic E-state index is 2.53. The van der Waals surface area contributed by atoms with Crippen molar-refractivity contribution >= 4 is 0 Å². The molecule has 2 aromatic carbocycles. The van der Waals surface area contributed by atoms with Crippen LogP contribution in [-0.2, 0) is 18.4 Å². The van der Waals surface area contributed by atoms with Gasteiger partial charge in [0, 0.05) is 5.41 Å². The molecule has 0 aliphatic heterocycles. The highest BCUT2D eigenvalue weighted by Gasteiger charge is 2.40. The van der Waals surface area contributed by atoms with Crippen LogP contribution in [0.4, 0.5) is 0 Å². The second-order valence-electron chi connectivity index (χ2n) is 9.97. The molecule has 2 nitrogen and oxygen atoms in total. The zero-order valence-electron chi connectivity index (χ0n) is 21.3. The van der Waals surface area contributed by atoms with E-state index in [2.05, 4.69) is 109 Å². The lowest BCUT2D eigenvalue weighted by Gasteiger charge is -2.37. The Morgan fingerprint density at radius 1 is 0.788 bits per heavy atom. The van der Waals surface area contributed by atoms with Crippen LogP contribution in [0.5, 0.6) is 0 Å². The average molecular weight is 446 g/mol. The van der Waals surface area contributed by atoms with Crippen molar-refractivity contribution < 1.29 is 4.57 Å². The molecule has 2 heteroatoms. The first kappa shape index (κ1) is 25.3. The first-order valence-electron chi connectivity index (χ1n) is 13.3. The van der Waals surface area contributed by atoms with Crippen LogP contribution >= 0.6 is 0 Å². The highest BCUT2D eigenvalue weighted by Crippen LogP contribution is 2.41. The monoisotopic (exact) mass is 445 g/mol. The summed E-state index contributed by atoms with van der Waals surface area (Å²) in [6, 6.07) is 22.7. The van der Waals surface area contributed by atoms with Crippen LogP contribution in [0.2, 0.25) is 0 Å². The van der Waals surface area contributed by atoms with E-state index in [0.717, 1.165) is 13.0 Å². The van der Waals surface area contributed by atoms with Gasteiger partial charge in [0.15, 0.2) is 0 Å².